The van der Waals surface area contributed by atoms with Gasteiger partial charge in [-0.15, -0.1) is 0 Å². The number of nitrogens with zero attached hydrogens (tertiary/aromatic N) is 2. The number of aromatic amines is 2. The molecule has 2 aromatic heterocycles. The lowest BCUT2D eigenvalue weighted by Crippen LogP contribution is -2.53. The molecule has 4 amide bonds. The SMILES string of the molecule is O=C(O)C(Cc1c[nH]c2ccccc12)N1C(=O)c2ccc3c4c(ccc(c24)C1=O)C(=O)N(C(Cc1c[nH]c2ccccc12)C(=O)O)C3=O. The molecule has 4 heterocycles. The minimum Gasteiger partial charge on any atom is -0.480 e. The third kappa shape index (κ3) is 4.09. The average molecular weight is 641 g/mol. The number of benzene rings is 4. The van der Waals surface area contributed by atoms with Gasteiger partial charge in [-0.05, 0) is 47.5 Å². The molecule has 2 unspecified atom stereocenters. The van der Waals surface area contributed by atoms with Crippen LogP contribution in [0.15, 0.2) is 85.2 Å². The monoisotopic (exact) mass is 640 g/mol. The fourth-order valence-corrected chi connectivity index (χ4v) is 7.07. The number of imide groups is 2. The summed E-state index contributed by atoms with van der Waals surface area (Å²) in [5.74, 6) is -6.29. The lowest BCUT2D eigenvalue weighted by Gasteiger charge is -2.35. The molecular formula is C36H24N4O8. The van der Waals surface area contributed by atoms with E-state index in [0.29, 0.717) is 20.9 Å². The van der Waals surface area contributed by atoms with Crippen LogP contribution in [0.25, 0.3) is 32.6 Å². The molecule has 6 aromatic rings. The van der Waals surface area contributed by atoms with Crippen molar-refractivity contribution in [3.8, 4) is 0 Å². The Labute approximate surface area is 270 Å². The van der Waals surface area contributed by atoms with Crippen LogP contribution < -0.4 is 0 Å². The van der Waals surface area contributed by atoms with E-state index in [9.17, 15) is 39.0 Å². The minimum absolute atomic E-state index is 0.0435. The summed E-state index contributed by atoms with van der Waals surface area (Å²) >= 11 is 0. The number of fused-ring (bicyclic) bond motifs is 2. The van der Waals surface area contributed by atoms with Crippen LogP contribution in [0.1, 0.15) is 52.6 Å². The van der Waals surface area contributed by atoms with Gasteiger partial charge >= 0.3 is 11.9 Å². The molecule has 2 aliphatic rings. The number of hydrogen-bond acceptors (Lipinski definition) is 6. The van der Waals surface area contributed by atoms with E-state index in [1.807, 2.05) is 36.4 Å². The highest BCUT2D eigenvalue weighted by atomic mass is 16.4. The first-order valence-corrected chi connectivity index (χ1v) is 15.1. The van der Waals surface area contributed by atoms with Crippen molar-refractivity contribution in [2.24, 2.45) is 0 Å². The van der Waals surface area contributed by atoms with Gasteiger partial charge in [0.15, 0.2) is 0 Å². The van der Waals surface area contributed by atoms with Gasteiger partial charge in [0.2, 0.25) is 0 Å². The Morgan fingerprint density at radius 1 is 0.542 bits per heavy atom. The highest BCUT2D eigenvalue weighted by Gasteiger charge is 2.46. The summed E-state index contributed by atoms with van der Waals surface area (Å²) in [6, 6.07) is 16.7. The molecule has 0 fully saturated rings. The Morgan fingerprint density at radius 3 is 1.21 bits per heavy atom. The Bertz CT molecular complexity index is 2200. The summed E-state index contributed by atoms with van der Waals surface area (Å²) in [4.78, 5) is 88.6. The maximum atomic E-state index is 14.0. The number of H-pyrrole nitrogens is 2. The highest BCUT2D eigenvalue weighted by molar-refractivity contribution is 6.34. The van der Waals surface area contributed by atoms with Gasteiger partial charge in [0.05, 0.1) is 0 Å². The van der Waals surface area contributed by atoms with Crippen LogP contribution >= 0.6 is 0 Å². The number of aromatic nitrogens is 2. The second-order valence-electron chi connectivity index (χ2n) is 11.9. The van der Waals surface area contributed by atoms with Crippen molar-refractivity contribution in [1.82, 2.24) is 19.8 Å². The minimum atomic E-state index is -1.56. The molecule has 12 heteroatoms. The second kappa shape index (κ2) is 10.5. The van der Waals surface area contributed by atoms with E-state index in [-0.39, 0.29) is 45.9 Å². The number of carbonyl (C=O) groups is 6. The van der Waals surface area contributed by atoms with E-state index in [4.69, 9.17) is 0 Å². The molecule has 2 aliphatic heterocycles. The standard InChI is InChI=1S/C36H24N4O8/c41-31-21-9-11-23-30-24(34(44)40(33(23)43)28(36(47)48)14-18-16-38-26-8-4-2-6-20(18)26)12-10-22(29(21)30)32(42)39(31)27(35(45)46)13-17-15-37-25-7-3-1-5-19(17)25/h1-12,15-16,27-28,37-38H,13-14H2,(H,45,46)(H,47,48). The van der Waals surface area contributed by atoms with E-state index < -0.39 is 47.7 Å². The van der Waals surface area contributed by atoms with Crippen molar-refractivity contribution >= 4 is 68.1 Å². The van der Waals surface area contributed by atoms with Gasteiger partial charge in [-0.1, -0.05) is 36.4 Å². The van der Waals surface area contributed by atoms with Crippen molar-refractivity contribution in [3.63, 3.8) is 0 Å². The molecular weight excluding hydrogens is 616 g/mol. The van der Waals surface area contributed by atoms with E-state index in [2.05, 4.69) is 9.97 Å². The number of rotatable bonds is 8. The van der Waals surface area contributed by atoms with Gasteiger partial charge in [0.1, 0.15) is 12.1 Å². The molecule has 0 saturated carbocycles. The summed E-state index contributed by atoms with van der Waals surface area (Å²) in [6.45, 7) is 0. The largest absolute Gasteiger partial charge is 0.480 e. The molecule has 0 saturated heterocycles. The van der Waals surface area contributed by atoms with Crippen LogP contribution in [-0.2, 0) is 22.4 Å². The fourth-order valence-electron chi connectivity index (χ4n) is 7.07. The van der Waals surface area contributed by atoms with Crippen LogP contribution in [0, 0.1) is 0 Å². The second-order valence-corrected chi connectivity index (χ2v) is 11.9. The Hall–Kier alpha value is -6.56. The van der Waals surface area contributed by atoms with Gasteiger partial charge in [0.25, 0.3) is 23.6 Å². The number of carboxylic acid groups (broad SMARTS) is 2. The van der Waals surface area contributed by atoms with Crippen molar-refractivity contribution < 1.29 is 39.0 Å². The molecule has 4 aromatic carbocycles. The van der Waals surface area contributed by atoms with Gasteiger partial charge in [0, 0.05) is 80.1 Å². The number of para-hydroxylation sites is 2. The van der Waals surface area contributed by atoms with Gasteiger partial charge in [-0.3, -0.25) is 29.0 Å². The van der Waals surface area contributed by atoms with Gasteiger partial charge in [-0.2, -0.15) is 0 Å². The zero-order valence-electron chi connectivity index (χ0n) is 24.9. The molecule has 236 valence electrons. The summed E-state index contributed by atoms with van der Waals surface area (Å²) in [6.07, 6.45) is 2.96. The van der Waals surface area contributed by atoms with E-state index >= 15 is 0 Å². The van der Waals surface area contributed by atoms with Gasteiger partial charge in [-0.25, -0.2) is 9.59 Å². The third-order valence-corrected chi connectivity index (χ3v) is 9.33. The number of aliphatic carboxylic acids is 2. The summed E-state index contributed by atoms with van der Waals surface area (Å²) < 4.78 is 0. The molecule has 0 spiro atoms. The van der Waals surface area contributed by atoms with Crippen LogP contribution in [0.4, 0.5) is 0 Å². The smallest absolute Gasteiger partial charge is 0.327 e. The van der Waals surface area contributed by atoms with Crippen molar-refractivity contribution in [1.29, 1.82) is 0 Å². The normalized spacial score (nSPS) is 15.5. The maximum absolute atomic E-state index is 14.0. The van der Waals surface area contributed by atoms with Crippen molar-refractivity contribution in [3.05, 3.63) is 119 Å². The maximum Gasteiger partial charge on any atom is 0.327 e. The molecule has 0 aliphatic carbocycles. The summed E-state index contributed by atoms with van der Waals surface area (Å²) in [7, 11) is 0. The van der Waals surface area contributed by atoms with E-state index in [1.54, 1.807) is 24.5 Å². The Kier molecular flexibility index (Phi) is 6.31. The topological polar surface area (TPSA) is 181 Å². The van der Waals surface area contributed by atoms with E-state index in [1.165, 1.54) is 24.3 Å². The highest BCUT2D eigenvalue weighted by Crippen LogP contribution is 2.39. The van der Waals surface area contributed by atoms with E-state index in [0.717, 1.165) is 21.8 Å². The summed E-state index contributed by atoms with van der Waals surface area (Å²) in [5.41, 5.74) is 2.57. The number of carboxylic acids is 2. The zero-order chi connectivity index (χ0) is 33.4. The predicted molar refractivity (Wildman–Crippen MR) is 172 cm³/mol. The fraction of sp³-hybridized carbons (Fsp3) is 0.111. The zero-order valence-corrected chi connectivity index (χ0v) is 24.9. The quantitative estimate of drug-likeness (QED) is 0.177. The third-order valence-electron chi connectivity index (χ3n) is 9.33. The molecule has 0 radical (unpaired) electrons. The lowest BCUT2D eigenvalue weighted by molar-refractivity contribution is -0.142. The molecule has 0 bridgehead atoms. The molecule has 8 rings (SSSR count). The number of hydrogen-bond donors (Lipinski definition) is 4. The predicted octanol–water partition coefficient (Wildman–Crippen LogP) is 4.39. The molecule has 12 nitrogen and oxygen atoms in total. The van der Waals surface area contributed by atoms with Crippen LogP contribution in [0.2, 0.25) is 0 Å². The van der Waals surface area contributed by atoms with Crippen LogP contribution in [-0.4, -0.2) is 77.6 Å². The summed E-state index contributed by atoms with van der Waals surface area (Å²) in [5, 5.41) is 22.1. The number of nitrogens with one attached hydrogen (secondary N) is 2. The number of amides is 4. The first kappa shape index (κ1) is 28.9. The van der Waals surface area contributed by atoms with Crippen LogP contribution in [0.5, 0.6) is 0 Å². The first-order chi connectivity index (χ1) is 23.2. The Balaban J connectivity index is 1.19. The van der Waals surface area contributed by atoms with Crippen LogP contribution in [0.3, 0.4) is 0 Å². The van der Waals surface area contributed by atoms with Crippen molar-refractivity contribution in [2.75, 3.05) is 0 Å². The van der Waals surface area contributed by atoms with Gasteiger partial charge < -0.3 is 20.2 Å². The molecule has 4 N–H and O–H groups in total. The average Bonchev–Trinajstić information content (AvgIpc) is 3.69. The Morgan fingerprint density at radius 2 is 0.875 bits per heavy atom. The lowest BCUT2D eigenvalue weighted by atomic mass is 9.84. The first-order valence-electron chi connectivity index (χ1n) is 15.1. The molecule has 2 atom stereocenters. The van der Waals surface area contributed by atoms with Crippen molar-refractivity contribution in [2.45, 2.75) is 24.9 Å². The molecule has 48 heavy (non-hydrogen) atoms. The number of carbonyl (C=O) groups excluding carboxylic acids is 4.